The number of ether oxygens (including phenoxy) is 1. The maximum Gasteiger partial charge on any atom is 0.328 e. The third-order valence-electron chi connectivity index (χ3n) is 3.89. The fourth-order valence-electron chi connectivity index (χ4n) is 2.52. The third-order valence-corrected chi connectivity index (χ3v) is 3.89. The summed E-state index contributed by atoms with van der Waals surface area (Å²) in [6.45, 7) is 3.17. The van der Waals surface area contributed by atoms with E-state index in [0.29, 0.717) is 6.61 Å². The fraction of sp³-hybridized carbons (Fsp3) is 0.227. The van der Waals surface area contributed by atoms with Crippen LogP contribution in [0.5, 0.6) is 0 Å². The van der Waals surface area contributed by atoms with Gasteiger partial charge in [-0.1, -0.05) is 66.7 Å². The van der Waals surface area contributed by atoms with E-state index in [1.54, 1.807) is 13.2 Å². The molecule has 1 N–H and O–H groups in total. The second-order valence-electron chi connectivity index (χ2n) is 5.95. The fourth-order valence-corrected chi connectivity index (χ4v) is 2.52. The van der Waals surface area contributed by atoms with Crippen molar-refractivity contribution < 1.29 is 14.6 Å². The number of rotatable bonds is 10. The number of hydrogen-bond acceptors (Lipinski definition) is 3. The van der Waals surface area contributed by atoms with Crippen LogP contribution in [0.2, 0.25) is 0 Å². The minimum absolute atomic E-state index is 0.679. The summed E-state index contributed by atoms with van der Waals surface area (Å²) in [4.78, 5) is 12.9. The number of carboxylic acids is 1. The Morgan fingerprint density at radius 3 is 2.38 bits per heavy atom. The SMILES string of the molecule is COCCN(C/C=C/c1ccccc1)Cc1ccc(/C=C/C(=O)O)cc1. The number of hydrogen-bond donors (Lipinski definition) is 1. The highest BCUT2D eigenvalue weighted by Gasteiger charge is 2.04. The Kier molecular flexibility index (Phi) is 8.33. The quantitative estimate of drug-likeness (QED) is 0.659. The second kappa shape index (κ2) is 11.0. The predicted octanol–water partition coefficient (Wildman–Crippen LogP) is 3.95. The van der Waals surface area contributed by atoms with Crippen LogP contribution in [-0.2, 0) is 16.1 Å². The van der Waals surface area contributed by atoms with Gasteiger partial charge in [0.1, 0.15) is 0 Å². The highest BCUT2D eigenvalue weighted by atomic mass is 16.5. The van der Waals surface area contributed by atoms with Crippen molar-refractivity contribution in [2.45, 2.75) is 6.54 Å². The van der Waals surface area contributed by atoms with Gasteiger partial charge in [0.05, 0.1) is 6.61 Å². The zero-order chi connectivity index (χ0) is 18.6. The van der Waals surface area contributed by atoms with E-state index in [1.165, 1.54) is 11.1 Å². The van der Waals surface area contributed by atoms with Crippen LogP contribution < -0.4 is 0 Å². The van der Waals surface area contributed by atoms with E-state index < -0.39 is 5.97 Å². The summed E-state index contributed by atoms with van der Waals surface area (Å²) >= 11 is 0. The Morgan fingerprint density at radius 1 is 1.04 bits per heavy atom. The van der Waals surface area contributed by atoms with Gasteiger partial charge in [-0.25, -0.2) is 4.79 Å². The van der Waals surface area contributed by atoms with Gasteiger partial charge in [-0.3, -0.25) is 4.90 Å². The lowest BCUT2D eigenvalue weighted by atomic mass is 10.1. The molecule has 0 aliphatic rings. The Morgan fingerprint density at radius 2 is 1.73 bits per heavy atom. The molecule has 0 unspecified atom stereocenters. The Hall–Kier alpha value is -2.69. The van der Waals surface area contributed by atoms with Gasteiger partial charge < -0.3 is 9.84 Å². The van der Waals surface area contributed by atoms with Gasteiger partial charge in [0.25, 0.3) is 0 Å². The summed E-state index contributed by atoms with van der Waals surface area (Å²) in [6.07, 6.45) is 7.03. The topological polar surface area (TPSA) is 49.8 Å². The van der Waals surface area contributed by atoms with Gasteiger partial charge in [0, 0.05) is 32.8 Å². The van der Waals surface area contributed by atoms with Gasteiger partial charge in [0.15, 0.2) is 0 Å². The summed E-state index contributed by atoms with van der Waals surface area (Å²) in [5.41, 5.74) is 3.25. The van der Waals surface area contributed by atoms with E-state index in [9.17, 15) is 4.79 Å². The molecule has 2 rings (SSSR count). The molecule has 0 radical (unpaired) electrons. The van der Waals surface area contributed by atoms with Crippen molar-refractivity contribution in [3.8, 4) is 0 Å². The number of carbonyl (C=O) groups is 1. The lowest BCUT2D eigenvalue weighted by Gasteiger charge is -2.20. The van der Waals surface area contributed by atoms with Crippen molar-refractivity contribution in [1.29, 1.82) is 0 Å². The van der Waals surface area contributed by atoms with Crippen molar-refractivity contribution in [2.75, 3.05) is 26.8 Å². The molecule has 0 aliphatic heterocycles. The summed E-state index contributed by atoms with van der Waals surface area (Å²) in [5.74, 6) is -0.940. The molecule has 0 spiro atoms. The van der Waals surface area contributed by atoms with Crippen LogP contribution in [0.3, 0.4) is 0 Å². The van der Waals surface area contributed by atoms with Crippen LogP contribution in [0.4, 0.5) is 0 Å². The van der Waals surface area contributed by atoms with E-state index in [-0.39, 0.29) is 0 Å². The first-order valence-electron chi connectivity index (χ1n) is 8.60. The molecule has 2 aromatic carbocycles. The molecule has 136 valence electrons. The Balaban J connectivity index is 1.95. The molecule has 0 saturated carbocycles. The minimum Gasteiger partial charge on any atom is -0.478 e. The molecule has 0 saturated heterocycles. The van der Waals surface area contributed by atoms with E-state index in [0.717, 1.165) is 31.3 Å². The molecule has 26 heavy (non-hydrogen) atoms. The van der Waals surface area contributed by atoms with Gasteiger partial charge >= 0.3 is 5.97 Å². The first-order chi connectivity index (χ1) is 12.7. The van der Waals surface area contributed by atoms with Gasteiger partial charge in [-0.2, -0.15) is 0 Å². The third kappa shape index (κ3) is 7.47. The summed E-state index contributed by atoms with van der Waals surface area (Å²) in [7, 11) is 1.71. The average Bonchev–Trinajstić information content (AvgIpc) is 2.66. The summed E-state index contributed by atoms with van der Waals surface area (Å²) in [5, 5.41) is 8.68. The van der Waals surface area contributed by atoms with Crippen molar-refractivity contribution in [1.82, 2.24) is 4.90 Å². The molecule has 4 nitrogen and oxygen atoms in total. The summed E-state index contributed by atoms with van der Waals surface area (Å²) < 4.78 is 5.22. The molecule has 4 heteroatoms. The van der Waals surface area contributed by atoms with Crippen molar-refractivity contribution >= 4 is 18.1 Å². The smallest absolute Gasteiger partial charge is 0.328 e. The summed E-state index contributed by atoms with van der Waals surface area (Å²) in [6, 6.07) is 18.2. The van der Waals surface area contributed by atoms with Crippen LogP contribution in [0, 0.1) is 0 Å². The normalized spacial score (nSPS) is 11.6. The Labute approximate surface area is 155 Å². The average molecular weight is 351 g/mol. The van der Waals surface area contributed by atoms with Gasteiger partial charge in [-0.05, 0) is 22.8 Å². The lowest BCUT2D eigenvalue weighted by molar-refractivity contribution is -0.131. The van der Waals surface area contributed by atoms with E-state index >= 15 is 0 Å². The van der Waals surface area contributed by atoms with Crippen molar-refractivity contribution in [2.24, 2.45) is 0 Å². The van der Waals surface area contributed by atoms with E-state index in [4.69, 9.17) is 9.84 Å². The molecule has 0 fully saturated rings. The zero-order valence-corrected chi connectivity index (χ0v) is 15.0. The maximum absolute atomic E-state index is 10.6. The van der Waals surface area contributed by atoms with Crippen LogP contribution in [-0.4, -0.2) is 42.8 Å². The van der Waals surface area contributed by atoms with Gasteiger partial charge in [-0.15, -0.1) is 0 Å². The van der Waals surface area contributed by atoms with E-state index in [1.807, 2.05) is 42.5 Å². The number of methoxy groups -OCH3 is 1. The molecule has 0 heterocycles. The first-order valence-corrected chi connectivity index (χ1v) is 8.60. The predicted molar refractivity (Wildman–Crippen MR) is 106 cm³/mol. The molecular formula is C22H25NO3. The van der Waals surface area contributed by atoms with Crippen LogP contribution in [0.1, 0.15) is 16.7 Å². The number of benzene rings is 2. The monoisotopic (exact) mass is 351 g/mol. The molecule has 0 aliphatic carbocycles. The van der Waals surface area contributed by atoms with Crippen LogP contribution in [0.25, 0.3) is 12.2 Å². The standard InChI is InChI=1S/C22H25NO3/c1-26-17-16-23(15-5-8-19-6-3-2-4-7-19)18-21-11-9-20(10-12-21)13-14-22(24)25/h2-14H,15-18H2,1H3,(H,24,25)/b8-5+,14-13+. The van der Waals surface area contributed by atoms with Crippen LogP contribution >= 0.6 is 0 Å². The highest BCUT2D eigenvalue weighted by molar-refractivity contribution is 5.85. The lowest BCUT2D eigenvalue weighted by Crippen LogP contribution is -2.27. The number of nitrogens with zero attached hydrogens (tertiary/aromatic N) is 1. The molecule has 0 amide bonds. The van der Waals surface area contributed by atoms with E-state index in [2.05, 4.69) is 29.2 Å². The van der Waals surface area contributed by atoms with Crippen molar-refractivity contribution in [3.63, 3.8) is 0 Å². The largest absolute Gasteiger partial charge is 0.478 e. The maximum atomic E-state index is 10.6. The molecule has 2 aromatic rings. The second-order valence-corrected chi connectivity index (χ2v) is 5.95. The first kappa shape index (κ1) is 19.6. The molecule has 0 aromatic heterocycles. The highest BCUT2D eigenvalue weighted by Crippen LogP contribution is 2.10. The molecule has 0 bridgehead atoms. The minimum atomic E-state index is -0.940. The van der Waals surface area contributed by atoms with Gasteiger partial charge in [0.2, 0.25) is 0 Å². The van der Waals surface area contributed by atoms with Crippen molar-refractivity contribution in [3.05, 3.63) is 83.4 Å². The molecular weight excluding hydrogens is 326 g/mol. The zero-order valence-electron chi connectivity index (χ0n) is 15.0. The number of carboxylic acid groups (broad SMARTS) is 1. The number of aliphatic carboxylic acids is 1. The molecule has 0 atom stereocenters. The Bertz CT molecular complexity index is 721. The van der Waals surface area contributed by atoms with Crippen LogP contribution in [0.15, 0.2) is 66.7 Å².